The number of carbonyl (C=O) groups is 1. The number of rotatable bonds is 5. The maximum Gasteiger partial charge on any atom is 0.326 e. The number of fused-ring (bicyclic) bond motifs is 1. The largest absolute Gasteiger partial charge is 0.378 e. The van der Waals surface area contributed by atoms with Crippen LogP contribution in [-0.4, -0.2) is 29.6 Å². The predicted molar refractivity (Wildman–Crippen MR) is 95.2 cm³/mol. The van der Waals surface area contributed by atoms with Crippen molar-refractivity contribution >= 4 is 22.6 Å². The van der Waals surface area contributed by atoms with Crippen LogP contribution in [0, 0.1) is 0 Å². The molecule has 1 heterocycles. The van der Waals surface area contributed by atoms with Crippen molar-refractivity contribution in [1.82, 2.24) is 14.9 Å². The minimum absolute atomic E-state index is 0.00136. The highest BCUT2D eigenvalue weighted by Gasteiger charge is 2.10. The third-order valence-corrected chi connectivity index (χ3v) is 3.93. The summed E-state index contributed by atoms with van der Waals surface area (Å²) in [6.07, 6.45) is 0. The third-order valence-electron chi connectivity index (χ3n) is 3.93. The van der Waals surface area contributed by atoms with Gasteiger partial charge in [-0.2, -0.15) is 0 Å². The van der Waals surface area contributed by atoms with Gasteiger partial charge in [-0.3, -0.25) is 9.36 Å². The van der Waals surface area contributed by atoms with Crippen molar-refractivity contribution in [3.8, 4) is 0 Å². The molecule has 0 aliphatic rings. The van der Waals surface area contributed by atoms with Crippen molar-refractivity contribution in [2.45, 2.75) is 13.1 Å². The molecule has 0 aliphatic carbocycles. The van der Waals surface area contributed by atoms with Gasteiger partial charge >= 0.3 is 5.69 Å². The molecule has 2 N–H and O–H groups in total. The second-order valence-electron chi connectivity index (χ2n) is 5.87. The van der Waals surface area contributed by atoms with Gasteiger partial charge in [0.2, 0.25) is 5.91 Å². The summed E-state index contributed by atoms with van der Waals surface area (Å²) in [6.45, 7) is 0.433. The first kappa shape index (κ1) is 15.9. The van der Waals surface area contributed by atoms with Gasteiger partial charge in [0.15, 0.2) is 0 Å². The van der Waals surface area contributed by atoms with Crippen molar-refractivity contribution in [2.75, 3.05) is 19.0 Å². The van der Waals surface area contributed by atoms with E-state index in [2.05, 4.69) is 10.3 Å². The Morgan fingerprint density at radius 1 is 1.12 bits per heavy atom. The Hall–Kier alpha value is -3.02. The predicted octanol–water partition coefficient (Wildman–Crippen LogP) is 1.71. The highest BCUT2D eigenvalue weighted by atomic mass is 16.2. The Balaban J connectivity index is 1.65. The Bertz CT molecular complexity index is 907. The van der Waals surface area contributed by atoms with E-state index in [1.54, 1.807) is 0 Å². The summed E-state index contributed by atoms with van der Waals surface area (Å²) in [4.78, 5) is 28.9. The summed E-state index contributed by atoms with van der Waals surface area (Å²) in [6, 6.07) is 15.3. The van der Waals surface area contributed by atoms with Crippen LogP contribution in [0.4, 0.5) is 5.69 Å². The van der Waals surface area contributed by atoms with E-state index in [0.29, 0.717) is 6.54 Å². The number of benzene rings is 2. The summed E-state index contributed by atoms with van der Waals surface area (Å²) in [7, 11) is 3.96. The highest BCUT2D eigenvalue weighted by molar-refractivity contribution is 5.80. The Morgan fingerprint density at radius 3 is 2.54 bits per heavy atom. The van der Waals surface area contributed by atoms with Crippen molar-refractivity contribution in [3.05, 3.63) is 64.6 Å². The van der Waals surface area contributed by atoms with Crippen LogP contribution in [0.15, 0.2) is 53.3 Å². The molecule has 6 heteroatoms. The Morgan fingerprint density at radius 2 is 1.83 bits per heavy atom. The lowest BCUT2D eigenvalue weighted by Crippen LogP contribution is -2.31. The summed E-state index contributed by atoms with van der Waals surface area (Å²) in [5, 5.41) is 2.85. The quantitative estimate of drug-likeness (QED) is 0.751. The number of hydrogen-bond acceptors (Lipinski definition) is 3. The minimum Gasteiger partial charge on any atom is -0.378 e. The SMILES string of the molecule is CN(C)c1ccc(CNC(=O)Cn2c(=O)[nH]c3ccccc32)cc1. The van der Waals surface area contributed by atoms with Crippen LogP contribution >= 0.6 is 0 Å². The smallest absolute Gasteiger partial charge is 0.326 e. The standard InChI is InChI=1S/C18H20N4O2/c1-21(2)14-9-7-13(8-10-14)11-19-17(23)12-22-16-6-4-3-5-15(16)20-18(22)24/h3-10H,11-12H2,1-2H3,(H,19,23)(H,20,24). The van der Waals surface area contributed by atoms with E-state index < -0.39 is 0 Å². The molecule has 124 valence electrons. The molecule has 0 radical (unpaired) electrons. The molecule has 1 amide bonds. The van der Waals surface area contributed by atoms with Gasteiger partial charge in [0.25, 0.3) is 0 Å². The molecule has 24 heavy (non-hydrogen) atoms. The molecule has 2 aromatic carbocycles. The zero-order valence-electron chi connectivity index (χ0n) is 13.7. The summed E-state index contributed by atoms with van der Waals surface area (Å²) < 4.78 is 1.44. The van der Waals surface area contributed by atoms with Gasteiger partial charge in [-0.15, -0.1) is 0 Å². The molecule has 3 rings (SSSR count). The van der Waals surface area contributed by atoms with Crippen LogP contribution in [0.2, 0.25) is 0 Å². The second kappa shape index (κ2) is 6.62. The number of anilines is 1. The lowest BCUT2D eigenvalue weighted by atomic mass is 10.2. The molecule has 0 spiro atoms. The fourth-order valence-electron chi connectivity index (χ4n) is 2.58. The molecule has 0 saturated heterocycles. The summed E-state index contributed by atoms with van der Waals surface area (Å²) in [5.41, 5.74) is 3.31. The van der Waals surface area contributed by atoms with E-state index in [-0.39, 0.29) is 18.1 Å². The third kappa shape index (κ3) is 3.32. The average Bonchev–Trinajstić information content (AvgIpc) is 2.89. The van der Waals surface area contributed by atoms with Crippen LogP contribution in [0.5, 0.6) is 0 Å². The number of carbonyl (C=O) groups excluding carboxylic acids is 1. The number of nitrogens with one attached hydrogen (secondary N) is 2. The van der Waals surface area contributed by atoms with E-state index in [4.69, 9.17) is 0 Å². The zero-order chi connectivity index (χ0) is 17.1. The summed E-state index contributed by atoms with van der Waals surface area (Å²) in [5.74, 6) is -0.196. The molecule has 0 unspecified atom stereocenters. The van der Waals surface area contributed by atoms with Gasteiger partial charge < -0.3 is 15.2 Å². The van der Waals surface area contributed by atoms with Crippen LogP contribution < -0.4 is 15.9 Å². The molecule has 3 aromatic rings. The lowest BCUT2D eigenvalue weighted by molar-refractivity contribution is -0.121. The maximum atomic E-state index is 12.2. The van der Waals surface area contributed by atoms with E-state index in [1.807, 2.05) is 67.5 Å². The minimum atomic E-state index is -0.276. The van der Waals surface area contributed by atoms with Crippen molar-refractivity contribution < 1.29 is 4.79 Å². The van der Waals surface area contributed by atoms with Gasteiger partial charge in [0.05, 0.1) is 11.0 Å². The molecular formula is C18H20N4O2. The first-order chi connectivity index (χ1) is 11.5. The number of aromatic amines is 1. The van der Waals surface area contributed by atoms with Gasteiger partial charge in [-0.1, -0.05) is 24.3 Å². The molecule has 1 aromatic heterocycles. The first-order valence-corrected chi connectivity index (χ1v) is 7.75. The van der Waals surface area contributed by atoms with Crippen LogP contribution in [0.3, 0.4) is 0 Å². The molecule has 0 bridgehead atoms. The number of H-pyrrole nitrogens is 1. The van der Waals surface area contributed by atoms with Crippen LogP contribution in [-0.2, 0) is 17.9 Å². The Labute approximate surface area is 139 Å². The van der Waals surface area contributed by atoms with E-state index >= 15 is 0 Å². The summed E-state index contributed by atoms with van der Waals surface area (Å²) >= 11 is 0. The van der Waals surface area contributed by atoms with E-state index in [1.165, 1.54) is 4.57 Å². The fourth-order valence-corrected chi connectivity index (χ4v) is 2.58. The van der Waals surface area contributed by atoms with Gasteiger partial charge in [0.1, 0.15) is 6.54 Å². The monoisotopic (exact) mass is 324 g/mol. The van der Waals surface area contributed by atoms with Gasteiger partial charge in [-0.25, -0.2) is 4.79 Å². The maximum absolute atomic E-state index is 12.2. The van der Waals surface area contributed by atoms with E-state index in [9.17, 15) is 9.59 Å². The number of hydrogen-bond donors (Lipinski definition) is 2. The Kier molecular flexibility index (Phi) is 4.37. The normalized spacial score (nSPS) is 10.8. The molecule has 0 atom stereocenters. The molecule has 0 saturated carbocycles. The number of aromatic nitrogens is 2. The fraction of sp³-hybridized carbons (Fsp3) is 0.222. The van der Waals surface area contributed by atoms with Gasteiger partial charge in [0, 0.05) is 26.3 Å². The van der Waals surface area contributed by atoms with Crippen LogP contribution in [0.25, 0.3) is 11.0 Å². The number of nitrogens with zero attached hydrogens (tertiary/aromatic N) is 2. The average molecular weight is 324 g/mol. The molecule has 0 aliphatic heterocycles. The number of imidazole rings is 1. The van der Waals surface area contributed by atoms with E-state index in [0.717, 1.165) is 22.3 Å². The number of amides is 1. The van der Waals surface area contributed by atoms with Crippen molar-refractivity contribution in [1.29, 1.82) is 0 Å². The topological polar surface area (TPSA) is 70.1 Å². The number of para-hydroxylation sites is 2. The van der Waals surface area contributed by atoms with Crippen LogP contribution in [0.1, 0.15) is 5.56 Å². The second-order valence-corrected chi connectivity index (χ2v) is 5.87. The van der Waals surface area contributed by atoms with Gasteiger partial charge in [-0.05, 0) is 29.8 Å². The first-order valence-electron chi connectivity index (χ1n) is 7.75. The molecule has 0 fully saturated rings. The van der Waals surface area contributed by atoms with Crippen molar-refractivity contribution in [3.63, 3.8) is 0 Å². The molecule has 6 nitrogen and oxygen atoms in total. The molecular weight excluding hydrogens is 304 g/mol. The van der Waals surface area contributed by atoms with Crippen molar-refractivity contribution in [2.24, 2.45) is 0 Å². The lowest BCUT2D eigenvalue weighted by Gasteiger charge is -2.13. The zero-order valence-corrected chi connectivity index (χ0v) is 13.7. The highest BCUT2D eigenvalue weighted by Crippen LogP contribution is 2.12.